The van der Waals surface area contributed by atoms with E-state index in [0.717, 1.165) is 0 Å². The maximum absolute atomic E-state index is 11.7. The molecule has 1 aromatic heterocycles. The summed E-state index contributed by atoms with van der Waals surface area (Å²) in [5.41, 5.74) is 2.15. The van der Waals surface area contributed by atoms with E-state index in [9.17, 15) is 14.8 Å². The molecule has 2 aromatic rings. The second-order valence-electron chi connectivity index (χ2n) is 3.91. The number of hydroxylamine groups is 1. The van der Waals surface area contributed by atoms with Crippen molar-refractivity contribution in [3.63, 3.8) is 0 Å². The Bertz CT molecular complexity index is 638. The third-order valence-electron chi connectivity index (χ3n) is 2.53. The number of benzene rings is 1. The average molecular weight is 281 g/mol. The van der Waals surface area contributed by atoms with Gasteiger partial charge in [0.25, 0.3) is 0 Å². The van der Waals surface area contributed by atoms with Gasteiger partial charge in [0.2, 0.25) is 16.9 Å². The normalized spacial score (nSPS) is 10.4. The topological polar surface area (TPSA) is 129 Å². The van der Waals surface area contributed by atoms with Crippen LogP contribution in [0.4, 0.5) is 0 Å². The van der Waals surface area contributed by atoms with Gasteiger partial charge < -0.3 is 9.94 Å². The van der Waals surface area contributed by atoms with Crippen LogP contribution in [0.2, 0.25) is 0 Å². The molecule has 1 amide bonds. The third-order valence-corrected chi connectivity index (χ3v) is 2.53. The zero-order chi connectivity index (χ0) is 14.5. The van der Waals surface area contributed by atoms with Gasteiger partial charge in [0.05, 0.1) is 12.2 Å². The first-order chi connectivity index (χ1) is 9.61. The van der Waals surface area contributed by atoms with Crippen LogP contribution >= 0.6 is 0 Å². The van der Waals surface area contributed by atoms with E-state index in [1.165, 1.54) is 23.7 Å². The first-order valence-electron chi connectivity index (χ1n) is 5.71. The molecule has 106 valence electrons. The molecule has 2 N–H and O–H groups in total. The number of nitrogens with zero attached hydrogens (tertiary/aromatic N) is 2. The minimum atomic E-state index is -0.600. The number of carbonyl (C=O) groups is 2. The van der Waals surface area contributed by atoms with E-state index in [2.05, 4.69) is 9.79 Å². The molecule has 0 atom stereocenters. The summed E-state index contributed by atoms with van der Waals surface area (Å²) in [7, 11) is 0. The van der Waals surface area contributed by atoms with Gasteiger partial charge in [-0.25, -0.2) is 10.3 Å². The highest BCUT2D eigenvalue weighted by atomic mass is 16.8. The fourth-order valence-corrected chi connectivity index (χ4v) is 1.54. The predicted molar refractivity (Wildman–Crippen MR) is 62.4 cm³/mol. The fourth-order valence-electron chi connectivity index (χ4n) is 1.54. The Morgan fingerprint density at radius 1 is 1.50 bits per heavy atom. The van der Waals surface area contributed by atoms with Crippen LogP contribution in [0.15, 0.2) is 22.8 Å². The minimum Gasteiger partial charge on any atom is -0.462 e. The zero-order valence-electron chi connectivity index (χ0n) is 10.2. The van der Waals surface area contributed by atoms with Crippen molar-refractivity contribution in [2.75, 3.05) is 6.61 Å². The highest BCUT2D eigenvalue weighted by molar-refractivity contribution is 5.92. The standard InChI is InChI=1S/C11H11N3O6/c15-10(12-17)2-1-5-19-11(16)7-3-4-9-8(6-7)13-20-14(9)18/h3-4,6,17H,1-2,5H2,(H,12,15). The number of nitrogens with one attached hydrogen (secondary N) is 1. The predicted octanol–water partition coefficient (Wildman–Crippen LogP) is -0.0964. The van der Waals surface area contributed by atoms with E-state index in [1.54, 1.807) is 0 Å². The van der Waals surface area contributed by atoms with E-state index >= 15 is 0 Å². The van der Waals surface area contributed by atoms with Crippen LogP contribution in [0.1, 0.15) is 23.2 Å². The Morgan fingerprint density at radius 2 is 2.30 bits per heavy atom. The van der Waals surface area contributed by atoms with Gasteiger partial charge >= 0.3 is 5.97 Å². The number of rotatable bonds is 5. The van der Waals surface area contributed by atoms with Gasteiger partial charge in [0.1, 0.15) is 0 Å². The molecule has 1 heterocycles. The fraction of sp³-hybridized carbons (Fsp3) is 0.273. The largest absolute Gasteiger partial charge is 0.462 e. The van der Waals surface area contributed by atoms with Crippen LogP contribution in [0, 0.1) is 5.21 Å². The van der Waals surface area contributed by atoms with Crippen molar-refractivity contribution in [2.45, 2.75) is 12.8 Å². The summed E-state index contributed by atoms with van der Waals surface area (Å²) in [6.45, 7) is 0.0324. The first kappa shape index (κ1) is 13.7. The lowest BCUT2D eigenvalue weighted by molar-refractivity contribution is -0.782. The van der Waals surface area contributed by atoms with Crippen LogP contribution < -0.4 is 10.4 Å². The van der Waals surface area contributed by atoms with Crippen molar-refractivity contribution in [1.29, 1.82) is 0 Å². The van der Waals surface area contributed by atoms with E-state index in [-0.39, 0.29) is 40.9 Å². The molecular formula is C11H11N3O6. The molecule has 0 aliphatic rings. The van der Waals surface area contributed by atoms with Gasteiger partial charge in [-0.15, -0.1) is 0 Å². The number of ether oxygens (including phenoxy) is 1. The number of amides is 1. The first-order valence-corrected chi connectivity index (χ1v) is 5.71. The third kappa shape index (κ3) is 3.01. The SMILES string of the molecule is O=C(CCCOC(=O)c1ccc2c(c1)no[n+]2[O-])NO. The quantitative estimate of drug-likeness (QED) is 0.257. The summed E-state index contributed by atoms with van der Waals surface area (Å²) in [5, 5.41) is 22.8. The van der Waals surface area contributed by atoms with Gasteiger partial charge in [-0.05, 0) is 23.5 Å². The molecule has 0 aliphatic carbocycles. The van der Waals surface area contributed by atoms with Crippen LogP contribution in [0.25, 0.3) is 11.0 Å². The number of hydrogen-bond donors (Lipinski definition) is 2. The van der Waals surface area contributed by atoms with Gasteiger partial charge in [-0.3, -0.25) is 14.6 Å². The molecule has 20 heavy (non-hydrogen) atoms. The molecule has 0 unspecified atom stereocenters. The smallest absolute Gasteiger partial charge is 0.338 e. The van der Waals surface area contributed by atoms with E-state index in [1.807, 2.05) is 0 Å². The van der Waals surface area contributed by atoms with Crippen LogP contribution in [-0.2, 0) is 9.53 Å². The zero-order valence-corrected chi connectivity index (χ0v) is 10.2. The summed E-state index contributed by atoms with van der Waals surface area (Å²) in [5.74, 6) is -1.15. The lowest BCUT2D eigenvalue weighted by Crippen LogP contribution is -2.22. The monoisotopic (exact) mass is 281 g/mol. The number of esters is 1. The van der Waals surface area contributed by atoms with Gasteiger partial charge in [-0.1, -0.05) is 0 Å². The number of hydrogen-bond acceptors (Lipinski definition) is 7. The summed E-state index contributed by atoms with van der Waals surface area (Å²) >= 11 is 0. The maximum Gasteiger partial charge on any atom is 0.338 e. The Hall–Kier alpha value is -2.68. The van der Waals surface area contributed by atoms with E-state index in [4.69, 9.17) is 9.94 Å². The molecule has 1 aromatic carbocycles. The van der Waals surface area contributed by atoms with Gasteiger partial charge in [0, 0.05) is 17.6 Å². The molecule has 0 aliphatic heterocycles. The van der Waals surface area contributed by atoms with Crippen LogP contribution in [0.3, 0.4) is 0 Å². The summed E-state index contributed by atoms with van der Waals surface area (Å²) in [6, 6.07) is 4.18. The molecule has 0 radical (unpaired) electrons. The molecule has 0 saturated heterocycles. The Labute approximate surface area is 112 Å². The maximum atomic E-state index is 11.7. The van der Waals surface area contributed by atoms with Crippen molar-refractivity contribution in [3.05, 3.63) is 29.0 Å². The highest BCUT2D eigenvalue weighted by Crippen LogP contribution is 2.11. The van der Waals surface area contributed by atoms with Gasteiger partial charge in [0.15, 0.2) is 0 Å². The average Bonchev–Trinajstić information content (AvgIpc) is 2.84. The highest BCUT2D eigenvalue weighted by Gasteiger charge is 2.14. The van der Waals surface area contributed by atoms with Crippen molar-refractivity contribution in [2.24, 2.45) is 0 Å². The van der Waals surface area contributed by atoms with Crippen molar-refractivity contribution >= 4 is 22.9 Å². The molecule has 9 nitrogen and oxygen atoms in total. The van der Waals surface area contributed by atoms with Crippen molar-refractivity contribution in [3.8, 4) is 0 Å². The molecule has 2 rings (SSSR count). The van der Waals surface area contributed by atoms with E-state index < -0.39 is 11.9 Å². The number of aromatic nitrogens is 2. The van der Waals surface area contributed by atoms with Crippen LogP contribution in [0.5, 0.6) is 0 Å². The molecule has 0 fully saturated rings. The second-order valence-corrected chi connectivity index (χ2v) is 3.91. The van der Waals surface area contributed by atoms with Crippen LogP contribution in [-0.4, -0.2) is 28.8 Å². The van der Waals surface area contributed by atoms with E-state index in [0.29, 0.717) is 0 Å². The molecule has 9 heteroatoms. The van der Waals surface area contributed by atoms with Crippen molar-refractivity contribution in [1.82, 2.24) is 10.6 Å². The lowest BCUT2D eigenvalue weighted by atomic mass is 10.2. The number of carbonyl (C=O) groups excluding carboxylic acids is 2. The Kier molecular flexibility index (Phi) is 4.11. The molecule has 0 bridgehead atoms. The Morgan fingerprint density at radius 3 is 3.05 bits per heavy atom. The summed E-state index contributed by atoms with van der Waals surface area (Å²) in [4.78, 5) is 22.7. The van der Waals surface area contributed by atoms with Gasteiger partial charge in [-0.2, -0.15) is 0 Å². The lowest BCUT2D eigenvalue weighted by Gasteiger charge is -2.03. The molecular weight excluding hydrogens is 270 g/mol. The second kappa shape index (κ2) is 5.97. The summed E-state index contributed by atoms with van der Waals surface area (Å²) < 4.78 is 9.31. The minimum absolute atomic E-state index is 0.0324. The molecule has 0 saturated carbocycles. The van der Waals surface area contributed by atoms with Crippen molar-refractivity contribution < 1.29 is 29.1 Å². The Balaban J connectivity index is 1.92. The number of fused-ring (bicyclic) bond motifs is 1. The molecule has 0 spiro atoms. The summed E-state index contributed by atoms with van der Waals surface area (Å²) in [6.07, 6.45) is 0.327.